The van der Waals surface area contributed by atoms with Crippen molar-refractivity contribution in [3.05, 3.63) is 53.6 Å². The zero-order valence-electron chi connectivity index (χ0n) is 15.6. The molecule has 144 valence electrons. The van der Waals surface area contributed by atoms with Gasteiger partial charge in [0.15, 0.2) is 12.6 Å². The molecular formula is C20H25IN4O2. The van der Waals surface area contributed by atoms with Crippen LogP contribution in [0.4, 0.5) is 11.4 Å². The van der Waals surface area contributed by atoms with Gasteiger partial charge in [0.1, 0.15) is 5.75 Å². The van der Waals surface area contributed by atoms with Crippen LogP contribution in [0.2, 0.25) is 0 Å². The quantitative estimate of drug-likeness (QED) is 0.297. The first-order valence-electron chi connectivity index (χ1n) is 8.71. The summed E-state index contributed by atoms with van der Waals surface area (Å²) in [5, 5.41) is 3.10. The summed E-state index contributed by atoms with van der Waals surface area (Å²) in [6, 6.07) is 13.6. The number of aliphatic imine (C=N–C) groups is 1. The normalized spacial score (nSPS) is 13.5. The van der Waals surface area contributed by atoms with E-state index in [1.165, 1.54) is 11.1 Å². The Bertz CT molecular complexity index is 838. The maximum Gasteiger partial charge on any atom is 0.265 e. The molecule has 3 N–H and O–H groups in total. The molecule has 0 unspecified atom stereocenters. The van der Waals surface area contributed by atoms with Gasteiger partial charge in [0.2, 0.25) is 0 Å². The second-order valence-electron chi connectivity index (χ2n) is 6.35. The molecule has 0 atom stereocenters. The van der Waals surface area contributed by atoms with Crippen molar-refractivity contribution in [2.45, 2.75) is 20.3 Å². The van der Waals surface area contributed by atoms with Gasteiger partial charge in [-0.05, 0) is 55.7 Å². The molecule has 2 aromatic carbocycles. The highest BCUT2D eigenvalue weighted by molar-refractivity contribution is 14.0. The van der Waals surface area contributed by atoms with E-state index in [0.29, 0.717) is 19.0 Å². The predicted octanol–water partition coefficient (Wildman–Crippen LogP) is 3.46. The smallest absolute Gasteiger partial charge is 0.265 e. The Kier molecular flexibility index (Phi) is 7.46. The topological polar surface area (TPSA) is 80.0 Å². The lowest BCUT2D eigenvalue weighted by Crippen LogP contribution is -2.39. The molecule has 0 fully saturated rings. The number of benzene rings is 2. The van der Waals surface area contributed by atoms with Gasteiger partial charge in [0, 0.05) is 18.8 Å². The van der Waals surface area contributed by atoms with Gasteiger partial charge in [0.05, 0.1) is 5.69 Å². The van der Waals surface area contributed by atoms with E-state index < -0.39 is 0 Å². The van der Waals surface area contributed by atoms with Crippen LogP contribution in [0.1, 0.15) is 17.5 Å². The monoisotopic (exact) mass is 480 g/mol. The van der Waals surface area contributed by atoms with Crippen LogP contribution in [-0.2, 0) is 4.79 Å². The van der Waals surface area contributed by atoms with Gasteiger partial charge in [0.25, 0.3) is 5.91 Å². The Labute approximate surface area is 176 Å². The van der Waals surface area contributed by atoms with Crippen molar-refractivity contribution >= 4 is 47.2 Å². The number of nitrogens with zero attached hydrogens (tertiary/aromatic N) is 2. The van der Waals surface area contributed by atoms with Crippen molar-refractivity contribution in [1.82, 2.24) is 0 Å². The number of nitrogens with one attached hydrogen (secondary N) is 1. The first-order chi connectivity index (χ1) is 12.5. The summed E-state index contributed by atoms with van der Waals surface area (Å²) in [6.45, 7) is 5.33. The number of halogens is 1. The van der Waals surface area contributed by atoms with E-state index in [-0.39, 0.29) is 36.5 Å². The highest BCUT2D eigenvalue weighted by atomic mass is 127. The molecule has 3 rings (SSSR count). The van der Waals surface area contributed by atoms with Gasteiger partial charge in [-0.3, -0.25) is 9.79 Å². The van der Waals surface area contributed by atoms with Gasteiger partial charge in [-0.1, -0.05) is 18.2 Å². The van der Waals surface area contributed by atoms with Gasteiger partial charge in [-0.25, -0.2) is 0 Å². The number of carbonyl (C=O) groups excluding carboxylic acids is 1. The Morgan fingerprint density at radius 3 is 2.78 bits per heavy atom. The molecule has 1 amide bonds. The number of carbonyl (C=O) groups is 1. The molecule has 6 nitrogen and oxygen atoms in total. The zero-order chi connectivity index (χ0) is 18.5. The average Bonchev–Trinajstić information content (AvgIpc) is 2.63. The predicted molar refractivity (Wildman–Crippen MR) is 120 cm³/mol. The molecule has 0 radical (unpaired) electrons. The van der Waals surface area contributed by atoms with Crippen LogP contribution in [0.3, 0.4) is 0 Å². The van der Waals surface area contributed by atoms with Crippen molar-refractivity contribution in [2.24, 2.45) is 10.7 Å². The minimum atomic E-state index is -0.0334. The average molecular weight is 480 g/mol. The Hall–Kier alpha value is -2.29. The Morgan fingerprint density at radius 2 is 2.00 bits per heavy atom. The third-order valence-electron chi connectivity index (χ3n) is 4.41. The Morgan fingerprint density at radius 1 is 1.22 bits per heavy atom. The standard InChI is InChI=1S/C20H24N4O2.HI/c1-14-8-9-16(12-15(14)2)23-20(21)22-10-5-11-24-17-6-3-4-7-18(17)26-13-19(24)25;/h3-4,6-9,12H,5,10-11,13H2,1-2H3,(H3,21,22,23);1H. The minimum Gasteiger partial charge on any atom is -0.482 e. The number of hydrogen-bond acceptors (Lipinski definition) is 3. The molecule has 27 heavy (non-hydrogen) atoms. The van der Waals surface area contributed by atoms with Crippen molar-refractivity contribution in [2.75, 3.05) is 29.9 Å². The molecule has 0 spiro atoms. The fourth-order valence-corrected chi connectivity index (χ4v) is 2.83. The molecule has 1 aliphatic heterocycles. The maximum absolute atomic E-state index is 12.1. The molecule has 0 saturated carbocycles. The van der Waals surface area contributed by atoms with Gasteiger partial charge in [-0.15, -0.1) is 24.0 Å². The van der Waals surface area contributed by atoms with Crippen molar-refractivity contribution in [3.63, 3.8) is 0 Å². The van der Waals surface area contributed by atoms with Crippen LogP contribution in [0.5, 0.6) is 5.75 Å². The summed E-state index contributed by atoms with van der Waals surface area (Å²) in [7, 11) is 0. The summed E-state index contributed by atoms with van der Waals surface area (Å²) < 4.78 is 5.45. The fraction of sp³-hybridized carbons (Fsp3) is 0.300. The number of amides is 1. The molecular weight excluding hydrogens is 455 g/mol. The second-order valence-corrected chi connectivity index (χ2v) is 6.35. The van der Waals surface area contributed by atoms with Crippen LogP contribution in [-0.4, -0.2) is 31.6 Å². The number of aryl methyl sites for hydroxylation is 2. The third-order valence-corrected chi connectivity index (χ3v) is 4.41. The van der Waals surface area contributed by atoms with E-state index in [0.717, 1.165) is 23.5 Å². The van der Waals surface area contributed by atoms with Crippen molar-refractivity contribution in [1.29, 1.82) is 0 Å². The van der Waals surface area contributed by atoms with Crippen LogP contribution in [0.25, 0.3) is 0 Å². The van der Waals surface area contributed by atoms with Gasteiger partial charge in [-0.2, -0.15) is 0 Å². The summed E-state index contributed by atoms with van der Waals surface area (Å²) in [5.74, 6) is 1.09. The van der Waals surface area contributed by atoms with E-state index in [2.05, 4.69) is 24.2 Å². The lowest BCUT2D eigenvalue weighted by Gasteiger charge is -2.29. The number of fused-ring (bicyclic) bond motifs is 1. The summed E-state index contributed by atoms with van der Waals surface area (Å²) in [4.78, 5) is 18.2. The number of rotatable bonds is 5. The van der Waals surface area contributed by atoms with Gasteiger partial charge < -0.3 is 20.7 Å². The molecule has 7 heteroatoms. The van der Waals surface area contributed by atoms with E-state index in [1.54, 1.807) is 4.90 Å². The molecule has 0 aromatic heterocycles. The van der Waals surface area contributed by atoms with Crippen LogP contribution in [0, 0.1) is 13.8 Å². The Balaban J connectivity index is 0.00000261. The van der Waals surface area contributed by atoms with E-state index >= 15 is 0 Å². The zero-order valence-corrected chi connectivity index (χ0v) is 17.9. The minimum absolute atomic E-state index is 0. The fourth-order valence-electron chi connectivity index (χ4n) is 2.83. The number of hydrogen-bond donors (Lipinski definition) is 2. The van der Waals surface area contributed by atoms with Gasteiger partial charge >= 0.3 is 0 Å². The van der Waals surface area contributed by atoms with E-state index in [1.807, 2.05) is 42.5 Å². The number of para-hydroxylation sites is 2. The summed E-state index contributed by atoms with van der Waals surface area (Å²) in [6.07, 6.45) is 0.718. The summed E-state index contributed by atoms with van der Waals surface area (Å²) >= 11 is 0. The molecule has 2 aromatic rings. The lowest BCUT2D eigenvalue weighted by atomic mass is 10.1. The van der Waals surface area contributed by atoms with Crippen LogP contribution in [0.15, 0.2) is 47.5 Å². The van der Waals surface area contributed by atoms with Crippen LogP contribution >= 0.6 is 24.0 Å². The summed E-state index contributed by atoms with van der Waals surface area (Å²) in [5.41, 5.74) is 10.1. The van der Waals surface area contributed by atoms with Crippen LogP contribution < -0.4 is 20.7 Å². The number of ether oxygens (including phenoxy) is 1. The van der Waals surface area contributed by atoms with Crippen molar-refractivity contribution < 1.29 is 9.53 Å². The molecule has 1 heterocycles. The largest absolute Gasteiger partial charge is 0.482 e. The molecule has 0 aliphatic carbocycles. The molecule has 0 saturated heterocycles. The van der Waals surface area contributed by atoms with Crippen molar-refractivity contribution in [3.8, 4) is 5.75 Å². The third kappa shape index (κ3) is 5.35. The number of guanidine groups is 1. The number of nitrogens with two attached hydrogens (primary N) is 1. The number of anilines is 2. The van der Waals surface area contributed by atoms with E-state index in [9.17, 15) is 4.79 Å². The van der Waals surface area contributed by atoms with E-state index in [4.69, 9.17) is 10.5 Å². The highest BCUT2D eigenvalue weighted by Crippen LogP contribution is 2.31. The maximum atomic E-state index is 12.1. The first kappa shape index (κ1) is 21.0. The molecule has 0 bridgehead atoms. The lowest BCUT2D eigenvalue weighted by molar-refractivity contribution is -0.121. The second kappa shape index (κ2) is 9.59. The molecule has 1 aliphatic rings. The SMILES string of the molecule is Cc1ccc(NC(N)=NCCCN2C(=O)COc3ccccc32)cc1C.I. The first-order valence-corrected chi connectivity index (χ1v) is 8.71. The highest BCUT2D eigenvalue weighted by Gasteiger charge is 2.24.